The number of nitrogens with zero attached hydrogens (tertiary/aromatic N) is 1. The minimum Gasteiger partial charge on any atom is -0.394 e. The van der Waals surface area contributed by atoms with Gasteiger partial charge in [-0.1, -0.05) is 0 Å². The number of halogens is 2. The first kappa shape index (κ1) is 22.3. The molecule has 3 heterocycles. The van der Waals surface area contributed by atoms with Gasteiger partial charge in [0, 0.05) is 38.9 Å². The Balaban J connectivity index is 0.00000144. The van der Waals surface area contributed by atoms with Gasteiger partial charge >= 0.3 is 0 Å². The standard InChI is InChI=1S/C15H28N2O5.2ClH/c18-10-13-15(19)14(17-3-7-21-8-4-17)12(22-13)9-16-11-1-5-20-6-2-11;;/h11-16,18-19H,1-10H2;2*1H/t12-,13+,14+,15-;;/m1../s1. The number of rotatable bonds is 5. The lowest BCUT2D eigenvalue weighted by molar-refractivity contribution is -0.0249. The lowest BCUT2D eigenvalue weighted by Crippen LogP contribution is -2.55. The van der Waals surface area contributed by atoms with Crippen LogP contribution in [0.4, 0.5) is 0 Å². The van der Waals surface area contributed by atoms with E-state index in [9.17, 15) is 10.2 Å². The highest BCUT2D eigenvalue weighted by Gasteiger charge is 2.46. The van der Waals surface area contributed by atoms with E-state index < -0.39 is 12.2 Å². The van der Waals surface area contributed by atoms with E-state index in [1.165, 1.54) is 0 Å². The van der Waals surface area contributed by atoms with E-state index in [-0.39, 0.29) is 43.6 Å². The lowest BCUT2D eigenvalue weighted by atomic mass is 10.0. The van der Waals surface area contributed by atoms with E-state index in [2.05, 4.69) is 10.2 Å². The average Bonchev–Trinajstić information content (AvgIpc) is 2.90. The van der Waals surface area contributed by atoms with Crippen LogP contribution in [0.2, 0.25) is 0 Å². The van der Waals surface area contributed by atoms with Crippen LogP contribution in [0.3, 0.4) is 0 Å². The Labute approximate surface area is 155 Å². The number of hydrogen-bond acceptors (Lipinski definition) is 7. The van der Waals surface area contributed by atoms with Crippen molar-refractivity contribution in [3.63, 3.8) is 0 Å². The summed E-state index contributed by atoms with van der Waals surface area (Å²) in [7, 11) is 0. The van der Waals surface area contributed by atoms with Gasteiger partial charge in [0.1, 0.15) is 12.2 Å². The van der Waals surface area contributed by atoms with Crippen LogP contribution < -0.4 is 5.32 Å². The molecule has 0 unspecified atom stereocenters. The van der Waals surface area contributed by atoms with Gasteiger partial charge in [0.2, 0.25) is 0 Å². The SMILES string of the molecule is Cl.Cl.OC[C@@H]1O[C@H](CNC2CCOCC2)[C@H](N2CCOCC2)[C@@H]1O. The maximum atomic E-state index is 10.5. The number of morpholine rings is 1. The molecule has 7 nitrogen and oxygen atoms in total. The molecule has 0 aliphatic carbocycles. The highest BCUT2D eigenvalue weighted by Crippen LogP contribution is 2.26. The second-order valence-corrected chi connectivity index (χ2v) is 6.32. The van der Waals surface area contributed by atoms with Gasteiger partial charge in [0.05, 0.1) is 32.0 Å². The predicted octanol–water partition coefficient (Wildman–Crippen LogP) is -0.580. The zero-order valence-electron chi connectivity index (χ0n) is 13.8. The van der Waals surface area contributed by atoms with Gasteiger partial charge < -0.3 is 29.7 Å². The molecule has 4 atom stereocenters. The van der Waals surface area contributed by atoms with Gasteiger partial charge in [-0.15, -0.1) is 24.8 Å². The van der Waals surface area contributed by atoms with Crippen molar-refractivity contribution in [2.75, 3.05) is 52.7 Å². The van der Waals surface area contributed by atoms with Crippen molar-refractivity contribution in [3.05, 3.63) is 0 Å². The van der Waals surface area contributed by atoms with Crippen LogP contribution in [0.15, 0.2) is 0 Å². The lowest BCUT2D eigenvalue weighted by Gasteiger charge is -2.36. The maximum absolute atomic E-state index is 10.5. The molecule has 24 heavy (non-hydrogen) atoms. The first-order chi connectivity index (χ1) is 10.8. The molecule has 3 rings (SSSR count). The molecule has 0 bridgehead atoms. The molecule has 144 valence electrons. The van der Waals surface area contributed by atoms with Crippen LogP contribution in [-0.4, -0.2) is 98.2 Å². The highest BCUT2D eigenvalue weighted by molar-refractivity contribution is 5.85. The molecule has 0 spiro atoms. The number of aliphatic hydroxyl groups excluding tert-OH is 2. The third-order valence-electron chi connectivity index (χ3n) is 4.94. The molecule has 9 heteroatoms. The molecule has 3 N–H and O–H groups in total. The van der Waals surface area contributed by atoms with Gasteiger partial charge in [-0.25, -0.2) is 0 Å². The summed E-state index contributed by atoms with van der Waals surface area (Å²) in [4.78, 5) is 2.24. The third kappa shape index (κ3) is 5.40. The maximum Gasteiger partial charge on any atom is 0.109 e. The molecule has 0 amide bonds. The molecule has 0 saturated carbocycles. The van der Waals surface area contributed by atoms with Crippen molar-refractivity contribution in [1.82, 2.24) is 10.2 Å². The normalized spacial score (nSPS) is 35.2. The summed E-state index contributed by atoms with van der Waals surface area (Å²) in [5.41, 5.74) is 0. The summed E-state index contributed by atoms with van der Waals surface area (Å²) in [6.45, 7) is 5.14. The Bertz CT molecular complexity index is 344. The monoisotopic (exact) mass is 388 g/mol. The summed E-state index contributed by atoms with van der Waals surface area (Å²) in [6.07, 6.45) is 0.786. The van der Waals surface area contributed by atoms with Crippen molar-refractivity contribution in [1.29, 1.82) is 0 Å². The summed E-state index contributed by atoms with van der Waals surface area (Å²) < 4.78 is 16.7. The molecule has 3 saturated heterocycles. The van der Waals surface area contributed by atoms with Crippen molar-refractivity contribution in [2.24, 2.45) is 0 Å². The minimum atomic E-state index is -0.649. The third-order valence-corrected chi connectivity index (χ3v) is 4.94. The highest BCUT2D eigenvalue weighted by atomic mass is 35.5. The Morgan fingerprint density at radius 1 is 0.958 bits per heavy atom. The molecule has 0 aromatic heterocycles. The van der Waals surface area contributed by atoms with E-state index >= 15 is 0 Å². The Kier molecular flexibility index (Phi) is 10.3. The van der Waals surface area contributed by atoms with Gasteiger partial charge in [-0.05, 0) is 12.8 Å². The number of nitrogens with one attached hydrogen (secondary N) is 1. The summed E-state index contributed by atoms with van der Waals surface area (Å²) in [5.74, 6) is 0. The first-order valence-electron chi connectivity index (χ1n) is 8.37. The fraction of sp³-hybridized carbons (Fsp3) is 1.00. The van der Waals surface area contributed by atoms with E-state index in [0.717, 1.165) is 39.1 Å². The number of aliphatic hydroxyl groups is 2. The topological polar surface area (TPSA) is 83.4 Å². The van der Waals surface area contributed by atoms with Crippen LogP contribution in [-0.2, 0) is 14.2 Å². The Hall–Kier alpha value is 0.300. The zero-order valence-corrected chi connectivity index (χ0v) is 15.5. The Morgan fingerprint density at radius 3 is 2.21 bits per heavy atom. The fourth-order valence-corrected chi connectivity index (χ4v) is 3.66. The summed E-state index contributed by atoms with van der Waals surface area (Å²) in [6, 6.07) is 0.376. The smallest absolute Gasteiger partial charge is 0.109 e. The van der Waals surface area contributed by atoms with Gasteiger partial charge in [0.15, 0.2) is 0 Å². The minimum absolute atomic E-state index is 0. The quantitative estimate of drug-likeness (QED) is 0.580. The summed E-state index contributed by atoms with van der Waals surface area (Å²) >= 11 is 0. The molecule has 3 aliphatic rings. The molecule has 3 fully saturated rings. The van der Waals surface area contributed by atoms with Crippen LogP contribution in [0, 0.1) is 0 Å². The van der Waals surface area contributed by atoms with Gasteiger partial charge in [-0.3, -0.25) is 4.90 Å². The molecule has 0 radical (unpaired) electrons. The van der Waals surface area contributed by atoms with Crippen LogP contribution in [0.5, 0.6) is 0 Å². The average molecular weight is 389 g/mol. The van der Waals surface area contributed by atoms with Crippen molar-refractivity contribution in [2.45, 2.75) is 43.2 Å². The second kappa shape index (κ2) is 11.1. The van der Waals surface area contributed by atoms with E-state index in [0.29, 0.717) is 25.8 Å². The summed E-state index contributed by atoms with van der Waals surface area (Å²) in [5, 5.41) is 23.5. The van der Waals surface area contributed by atoms with Crippen LogP contribution in [0.1, 0.15) is 12.8 Å². The molecule has 3 aliphatic heterocycles. The van der Waals surface area contributed by atoms with E-state index in [1.54, 1.807) is 0 Å². The largest absolute Gasteiger partial charge is 0.394 e. The van der Waals surface area contributed by atoms with Gasteiger partial charge in [-0.2, -0.15) is 0 Å². The van der Waals surface area contributed by atoms with Crippen molar-refractivity contribution in [3.8, 4) is 0 Å². The number of ether oxygens (including phenoxy) is 3. The van der Waals surface area contributed by atoms with Crippen LogP contribution >= 0.6 is 24.8 Å². The second-order valence-electron chi connectivity index (χ2n) is 6.32. The van der Waals surface area contributed by atoms with Gasteiger partial charge in [0.25, 0.3) is 0 Å². The Morgan fingerprint density at radius 2 is 1.58 bits per heavy atom. The molecular weight excluding hydrogens is 359 g/mol. The number of hydrogen-bond donors (Lipinski definition) is 3. The molecular formula is C15H30Cl2N2O5. The van der Waals surface area contributed by atoms with Crippen LogP contribution in [0.25, 0.3) is 0 Å². The zero-order chi connectivity index (χ0) is 15.4. The van der Waals surface area contributed by atoms with Crippen molar-refractivity contribution < 1.29 is 24.4 Å². The molecule has 0 aromatic rings. The predicted molar refractivity (Wildman–Crippen MR) is 94.3 cm³/mol. The fourth-order valence-electron chi connectivity index (χ4n) is 3.66. The molecule has 0 aromatic carbocycles. The first-order valence-corrected chi connectivity index (χ1v) is 8.37. The van der Waals surface area contributed by atoms with E-state index in [4.69, 9.17) is 14.2 Å². The van der Waals surface area contributed by atoms with E-state index in [1.807, 2.05) is 0 Å². The van der Waals surface area contributed by atoms with Crippen molar-refractivity contribution >= 4 is 24.8 Å².